The van der Waals surface area contributed by atoms with Gasteiger partial charge >= 0.3 is 0 Å². The fraction of sp³-hybridized carbons (Fsp3) is 0.643. The summed E-state index contributed by atoms with van der Waals surface area (Å²) in [7, 11) is 2.94. The fourth-order valence-corrected chi connectivity index (χ4v) is 6.09. The molecule has 0 amide bonds. The van der Waals surface area contributed by atoms with E-state index in [9.17, 15) is 4.79 Å². The van der Waals surface area contributed by atoms with E-state index < -0.39 is 0 Å². The molecule has 0 radical (unpaired) electrons. The van der Waals surface area contributed by atoms with Crippen LogP contribution in [0.1, 0.15) is 133 Å². The number of aliphatic imine (C=N–C) groups is 1. The number of rotatable bonds is 12. The predicted molar refractivity (Wildman–Crippen MR) is 211 cm³/mol. The van der Waals surface area contributed by atoms with Crippen LogP contribution in [0, 0.1) is 17.8 Å². The molecule has 2 aliphatic heterocycles. The van der Waals surface area contributed by atoms with Crippen LogP contribution in [-0.2, 0) is 9.59 Å². The molecule has 0 bridgehead atoms. The zero-order valence-corrected chi connectivity index (χ0v) is 33.1. The minimum Gasteiger partial charge on any atom is -0.400 e. The second-order valence-electron chi connectivity index (χ2n) is 12.6. The Hall–Kier alpha value is -3.01. The highest BCUT2D eigenvalue weighted by Crippen LogP contribution is 2.39. The van der Waals surface area contributed by atoms with Crippen LogP contribution < -0.4 is 0 Å². The number of fused-ring (bicyclic) bond motifs is 1. The van der Waals surface area contributed by atoms with E-state index in [2.05, 4.69) is 81.9 Å². The SMILES string of the molecule is C#CC.C/C=C\C.C=O.CCCCC(CC)(C/C=C(/C)C=C(C)C)CCC(=NC)N1CC2C=C(CC)CCN2CC/C1=C(\C)C=O.CO. The average Bonchev–Trinajstić information content (AvgIpc) is 3.30. The first kappa shape index (κ1) is 49.4. The number of nitrogens with zero attached hydrogens (tertiary/aromatic N) is 3. The summed E-state index contributed by atoms with van der Waals surface area (Å²) in [6.07, 6.45) is 28.2. The maximum Gasteiger partial charge on any atom is 0.147 e. The van der Waals surface area contributed by atoms with Crippen LogP contribution in [0.3, 0.4) is 0 Å². The van der Waals surface area contributed by atoms with E-state index in [4.69, 9.17) is 14.9 Å². The Morgan fingerprint density at radius 1 is 1.08 bits per heavy atom. The zero-order chi connectivity index (χ0) is 37.5. The largest absolute Gasteiger partial charge is 0.400 e. The van der Waals surface area contributed by atoms with E-state index >= 15 is 0 Å². The molecule has 1 fully saturated rings. The lowest BCUT2D eigenvalue weighted by Crippen LogP contribution is -2.44. The number of allylic oxidation sites excluding steroid dienone is 7. The minimum atomic E-state index is 0.282. The molecule has 2 heterocycles. The van der Waals surface area contributed by atoms with Gasteiger partial charge in [0.25, 0.3) is 0 Å². The van der Waals surface area contributed by atoms with Crippen LogP contribution in [0.5, 0.6) is 0 Å². The highest BCUT2D eigenvalue weighted by Gasteiger charge is 2.33. The molecular weight excluding hydrogens is 594 g/mol. The van der Waals surface area contributed by atoms with Crippen LogP contribution in [0.15, 0.2) is 63.4 Å². The van der Waals surface area contributed by atoms with Crippen molar-refractivity contribution in [2.45, 2.75) is 139 Å². The Morgan fingerprint density at radius 2 is 1.67 bits per heavy atom. The van der Waals surface area contributed by atoms with E-state index in [1.165, 1.54) is 48.9 Å². The highest BCUT2D eigenvalue weighted by molar-refractivity contribution is 5.86. The second-order valence-corrected chi connectivity index (χ2v) is 12.6. The number of unbranched alkanes of at least 4 members (excludes halogenated alkanes) is 1. The Kier molecular flexibility index (Phi) is 32.2. The third-order valence-corrected chi connectivity index (χ3v) is 9.00. The van der Waals surface area contributed by atoms with Crippen molar-refractivity contribution in [3.05, 3.63) is 58.4 Å². The summed E-state index contributed by atoms with van der Waals surface area (Å²) in [5.74, 6) is 3.40. The van der Waals surface area contributed by atoms with E-state index in [0.717, 1.165) is 76.5 Å². The lowest BCUT2D eigenvalue weighted by molar-refractivity contribution is -0.105. The summed E-state index contributed by atoms with van der Waals surface area (Å²) < 4.78 is 0. The molecular formula is C42H73N3O3. The summed E-state index contributed by atoms with van der Waals surface area (Å²) >= 11 is 0. The van der Waals surface area contributed by atoms with Gasteiger partial charge in [0.1, 0.15) is 18.9 Å². The number of amidine groups is 1. The molecule has 2 unspecified atom stereocenters. The molecule has 0 spiro atoms. The summed E-state index contributed by atoms with van der Waals surface area (Å²) in [5.41, 5.74) is 6.60. The van der Waals surface area contributed by atoms with Crippen molar-refractivity contribution in [3.8, 4) is 12.3 Å². The first-order valence-corrected chi connectivity index (χ1v) is 17.9. The number of aliphatic hydroxyl groups is 1. The van der Waals surface area contributed by atoms with Gasteiger partial charge in [0.2, 0.25) is 0 Å². The number of carbonyl (C=O) groups is 2. The van der Waals surface area contributed by atoms with Gasteiger partial charge in [-0.05, 0) is 86.0 Å². The first-order valence-electron chi connectivity index (χ1n) is 17.9. The van der Waals surface area contributed by atoms with Gasteiger partial charge in [0.05, 0.1) is 0 Å². The molecule has 0 aliphatic carbocycles. The molecule has 6 nitrogen and oxygen atoms in total. The molecule has 1 saturated heterocycles. The fourth-order valence-electron chi connectivity index (χ4n) is 6.09. The quantitative estimate of drug-likeness (QED) is 0.0427. The van der Waals surface area contributed by atoms with Gasteiger partial charge in [-0.15, -0.1) is 12.3 Å². The van der Waals surface area contributed by atoms with Gasteiger partial charge in [0.15, 0.2) is 0 Å². The molecule has 48 heavy (non-hydrogen) atoms. The Morgan fingerprint density at radius 3 is 2.12 bits per heavy atom. The maximum absolute atomic E-state index is 11.9. The van der Waals surface area contributed by atoms with Crippen LogP contribution in [0.2, 0.25) is 0 Å². The summed E-state index contributed by atoms with van der Waals surface area (Å²) in [6, 6.07) is 0.392. The third-order valence-electron chi connectivity index (χ3n) is 9.00. The van der Waals surface area contributed by atoms with Crippen LogP contribution in [0.4, 0.5) is 0 Å². The van der Waals surface area contributed by atoms with Gasteiger partial charge in [-0.1, -0.05) is 87.1 Å². The topological polar surface area (TPSA) is 73.2 Å². The summed E-state index contributed by atoms with van der Waals surface area (Å²) in [4.78, 5) is 29.8. The van der Waals surface area contributed by atoms with Gasteiger partial charge < -0.3 is 14.8 Å². The molecule has 0 aromatic carbocycles. The first-order chi connectivity index (χ1) is 23.0. The second kappa shape index (κ2) is 31.3. The molecule has 0 aromatic rings. The molecule has 6 heteroatoms. The van der Waals surface area contributed by atoms with Gasteiger partial charge in [-0.25, -0.2) is 0 Å². The zero-order valence-electron chi connectivity index (χ0n) is 33.1. The number of hydrogen-bond donors (Lipinski definition) is 1. The lowest BCUT2D eigenvalue weighted by Gasteiger charge is -2.37. The van der Waals surface area contributed by atoms with Crippen molar-refractivity contribution in [2.75, 3.05) is 33.8 Å². The van der Waals surface area contributed by atoms with Crippen LogP contribution in [-0.4, -0.2) is 73.7 Å². The number of aldehydes is 1. The average molecular weight is 668 g/mol. The van der Waals surface area contributed by atoms with E-state index in [-0.39, 0.29) is 5.41 Å². The smallest absolute Gasteiger partial charge is 0.147 e. The Labute approximate surface area is 297 Å². The van der Waals surface area contributed by atoms with E-state index in [0.29, 0.717) is 6.04 Å². The van der Waals surface area contributed by atoms with Gasteiger partial charge in [-0.2, -0.15) is 0 Å². The number of terminal acetylenes is 1. The summed E-state index contributed by atoms with van der Waals surface area (Å²) in [6.45, 7) is 26.2. The van der Waals surface area contributed by atoms with Crippen molar-refractivity contribution >= 4 is 18.9 Å². The molecule has 1 N–H and O–H groups in total. The maximum atomic E-state index is 11.9. The van der Waals surface area contributed by atoms with E-state index in [1.807, 2.05) is 46.8 Å². The lowest BCUT2D eigenvalue weighted by atomic mass is 9.73. The van der Waals surface area contributed by atoms with Crippen molar-refractivity contribution in [3.63, 3.8) is 0 Å². The van der Waals surface area contributed by atoms with Crippen molar-refractivity contribution in [2.24, 2.45) is 10.4 Å². The molecule has 0 aromatic heterocycles. The Balaban J connectivity index is -0.00000162. The molecule has 2 atom stereocenters. The van der Waals surface area contributed by atoms with Crippen molar-refractivity contribution in [1.29, 1.82) is 0 Å². The van der Waals surface area contributed by atoms with Crippen molar-refractivity contribution < 1.29 is 14.7 Å². The molecule has 0 saturated carbocycles. The number of aliphatic hydroxyl groups excluding tert-OH is 1. The van der Waals surface area contributed by atoms with Gasteiger partial charge in [0, 0.05) is 63.9 Å². The normalized spacial score (nSPS) is 18.5. The van der Waals surface area contributed by atoms with Crippen LogP contribution in [0.25, 0.3) is 0 Å². The number of carbonyl (C=O) groups excluding carboxylic acids is 2. The monoisotopic (exact) mass is 668 g/mol. The number of hydrogen-bond acceptors (Lipinski definition) is 5. The van der Waals surface area contributed by atoms with Gasteiger partial charge in [-0.3, -0.25) is 14.7 Å². The molecule has 274 valence electrons. The Bertz CT molecular complexity index is 1080. The van der Waals surface area contributed by atoms with E-state index in [1.54, 1.807) is 12.5 Å². The molecule has 2 rings (SSSR count). The third kappa shape index (κ3) is 19.7. The van der Waals surface area contributed by atoms with Crippen molar-refractivity contribution in [1.82, 2.24) is 9.80 Å². The predicted octanol–water partition coefficient (Wildman–Crippen LogP) is 9.92. The summed E-state index contributed by atoms with van der Waals surface area (Å²) in [5, 5.41) is 7.00. The standard InChI is InChI=1S/C33H55N3O.C4H8.C3H4.CH4O.CH2O/c1-9-12-17-33(11-3,18-13-27(6)22-26(4)5)19-14-32(34-8)36-24-30-23-29(10-2)15-20-35(30)21-16-31(36)28(7)25-37;1-3-4-2;1-3-2;2*1-2/h13,22-23,25,30H,9-12,14-21,24H2,1-8H3;3-4H,1-2H3;1H,2H3;2H,1H3;1H2/b27-13-,31-28-,34-32?;4-3-;;;. The minimum absolute atomic E-state index is 0.282. The molecule has 2 aliphatic rings. The highest BCUT2D eigenvalue weighted by atomic mass is 16.2. The van der Waals surface area contributed by atoms with Crippen LogP contribution >= 0.6 is 0 Å².